The van der Waals surface area contributed by atoms with Gasteiger partial charge in [0.1, 0.15) is 0 Å². The average Bonchev–Trinajstić information content (AvgIpc) is 2.75. The van der Waals surface area contributed by atoms with Crippen molar-refractivity contribution in [3.05, 3.63) is 0 Å². The molecule has 2 saturated carbocycles. The summed E-state index contributed by atoms with van der Waals surface area (Å²) in [7, 11) is 0. The van der Waals surface area contributed by atoms with Crippen molar-refractivity contribution in [2.75, 3.05) is 0 Å². The number of hydrogen-bond acceptors (Lipinski definition) is 0. The van der Waals surface area contributed by atoms with Crippen molar-refractivity contribution in [3.8, 4) is 0 Å². The summed E-state index contributed by atoms with van der Waals surface area (Å²) in [6, 6.07) is 0. The Kier molecular flexibility index (Phi) is 4.94. The zero-order valence-corrected chi connectivity index (χ0v) is 12.3. The molecular weight excluding hydrogens is 204 g/mol. The van der Waals surface area contributed by atoms with Crippen molar-refractivity contribution >= 4 is 0 Å². The lowest BCUT2D eigenvalue weighted by molar-refractivity contribution is 0.200. The van der Waals surface area contributed by atoms with Crippen LogP contribution in [-0.4, -0.2) is 0 Å². The highest BCUT2D eigenvalue weighted by Crippen LogP contribution is 2.50. The molecule has 0 aliphatic heterocycles. The first-order chi connectivity index (χ1) is 8.26. The molecule has 5 unspecified atom stereocenters. The van der Waals surface area contributed by atoms with Crippen molar-refractivity contribution in [1.82, 2.24) is 0 Å². The molecule has 0 heteroatoms. The minimum atomic E-state index is 1.01. The number of hydrogen-bond donors (Lipinski definition) is 0. The molecule has 2 rings (SSSR count). The molecule has 0 aromatic heterocycles. The van der Waals surface area contributed by atoms with Crippen LogP contribution >= 0.6 is 0 Å². The van der Waals surface area contributed by atoms with Crippen LogP contribution in [0.15, 0.2) is 0 Å². The van der Waals surface area contributed by atoms with E-state index in [2.05, 4.69) is 20.8 Å². The smallest absolute Gasteiger partial charge is 0.0360 e. The predicted octanol–water partition coefficient (Wildman–Crippen LogP) is 5.67. The number of unbranched alkanes of at least 4 members (excludes halogenated alkanes) is 2. The summed E-state index contributed by atoms with van der Waals surface area (Å²) < 4.78 is 0. The van der Waals surface area contributed by atoms with Gasteiger partial charge in [-0.05, 0) is 61.7 Å². The normalized spacial score (nSPS) is 41.5. The van der Waals surface area contributed by atoms with Crippen LogP contribution in [0.2, 0.25) is 0 Å². The number of fused-ring (bicyclic) bond motifs is 2. The molecule has 2 bridgehead atoms. The Morgan fingerprint density at radius 3 is 2.41 bits per heavy atom. The SMILES string of the molecule is CCCCCC1C(C)CC(CC)C2CCC1C2. The Morgan fingerprint density at radius 2 is 1.71 bits per heavy atom. The molecule has 0 spiro atoms. The van der Waals surface area contributed by atoms with E-state index in [1.54, 1.807) is 19.3 Å². The molecule has 2 aliphatic carbocycles. The molecule has 0 aromatic rings. The van der Waals surface area contributed by atoms with Gasteiger partial charge in [-0.2, -0.15) is 0 Å². The van der Waals surface area contributed by atoms with Crippen LogP contribution in [0.3, 0.4) is 0 Å². The van der Waals surface area contributed by atoms with Crippen molar-refractivity contribution in [3.63, 3.8) is 0 Å². The van der Waals surface area contributed by atoms with E-state index in [1.165, 1.54) is 38.5 Å². The molecule has 100 valence electrons. The van der Waals surface area contributed by atoms with Crippen LogP contribution in [0.1, 0.15) is 78.6 Å². The van der Waals surface area contributed by atoms with Crippen molar-refractivity contribution in [2.45, 2.75) is 78.6 Å². The maximum Gasteiger partial charge on any atom is -0.0360 e. The third-order valence-electron chi connectivity index (χ3n) is 5.86. The van der Waals surface area contributed by atoms with Gasteiger partial charge in [0.25, 0.3) is 0 Å². The summed E-state index contributed by atoms with van der Waals surface area (Å²) in [5, 5.41) is 0. The van der Waals surface area contributed by atoms with E-state index in [0.29, 0.717) is 0 Å². The molecule has 2 fully saturated rings. The van der Waals surface area contributed by atoms with Crippen LogP contribution < -0.4 is 0 Å². The molecule has 0 N–H and O–H groups in total. The Bertz CT molecular complexity index is 220. The van der Waals surface area contributed by atoms with Gasteiger partial charge in [0.15, 0.2) is 0 Å². The summed E-state index contributed by atoms with van der Waals surface area (Å²) in [5.74, 6) is 5.34. The van der Waals surface area contributed by atoms with Gasteiger partial charge in [-0.25, -0.2) is 0 Å². The molecule has 5 atom stereocenters. The van der Waals surface area contributed by atoms with E-state index in [-0.39, 0.29) is 0 Å². The molecule has 0 radical (unpaired) electrons. The summed E-state index contributed by atoms with van der Waals surface area (Å²) in [6.45, 7) is 7.30. The molecule has 0 amide bonds. The van der Waals surface area contributed by atoms with E-state index >= 15 is 0 Å². The highest BCUT2D eigenvalue weighted by Gasteiger charge is 2.40. The van der Waals surface area contributed by atoms with Crippen molar-refractivity contribution in [1.29, 1.82) is 0 Å². The molecule has 2 aliphatic rings. The summed E-state index contributed by atoms with van der Waals surface area (Å²) >= 11 is 0. The molecule has 17 heavy (non-hydrogen) atoms. The predicted molar refractivity (Wildman–Crippen MR) is 76.0 cm³/mol. The van der Waals surface area contributed by atoms with E-state index in [1.807, 2.05) is 0 Å². The van der Waals surface area contributed by atoms with E-state index in [0.717, 1.165) is 29.6 Å². The highest BCUT2D eigenvalue weighted by atomic mass is 14.5. The zero-order chi connectivity index (χ0) is 12.3. The lowest BCUT2D eigenvalue weighted by Crippen LogP contribution is -2.21. The van der Waals surface area contributed by atoms with Crippen LogP contribution in [0.4, 0.5) is 0 Å². The van der Waals surface area contributed by atoms with Gasteiger partial charge in [-0.3, -0.25) is 0 Å². The minimum absolute atomic E-state index is 1.01. The molecule has 0 aromatic carbocycles. The number of rotatable bonds is 5. The fraction of sp³-hybridized carbons (Fsp3) is 1.00. The largest absolute Gasteiger partial charge is 0.0654 e. The fourth-order valence-corrected chi connectivity index (χ4v) is 4.83. The maximum absolute atomic E-state index is 2.56. The lowest BCUT2D eigenvalue weighted by atomic mass is 9.75. The maximum atomic E-state index is 2.56. The first-order valence-corrected chi connectivity index (χ1v) is 8.26. The zero-order valence-electron chi connectivity index (χ0n) is 12.3. The second-order valence-corrected chi connectivity index (χ2v) is 6.87. The quantitative estimate of drug-likeness (QED) is 0.540. The van der Waals surface area contributed by atoms with Gasteiger partial charge in [0, 0.05) is 0 Å². The Balaban J connectivity index is 1.95. The van der Waals surface area contributed by atoms with Crippen LogP contribution in [0.5, 0.6) is 0 Å². The van der Waals surface area contributed by atoms with Crippen LogP contribution in [0.25, 0.3) is 0 Å². The third kappa shape index (κ3) is 3.06. The Morgan fingerprint density at radius 1 is 0.941 bits per heavy atom. The van der Waals surface area contributed by atoms with Crippen molar-refractivity contribution in [2.24, 2.45) is 29.6 Å². The molecule has 0 saturated heterocycles. The lowest BCUT2D eigenvalue weighted by Gasteiger charge is -2.30. The van der Waals surface area contributed by atoms with Crippen LogP contribution in [0, 0.1) is 29.6 Å². The van der Waals surface area contributed by atoms with E-state index in [9.17, 15) is 0 Å². The molecule has 0 heterocycles. The first-order valence-electron chi connectivity index (χ1n) is 8.26. The molecular formula is C17H32. The van der Waals surface area contributed by atoms with Gasteiger partial charge in [-0.1, -0.05) is 46.5 Å². The van der Waals surface area contributed by atoms with Gasteiger partial charge >= 0.3 is 0 Å². The highest BCUT2D eigenvalue weighted by molar-refractivity contribution is 4.90. The van der Waals surface area contributed by atoms with E-state index in [4.69, 9.17) is 0 Å². The third-order valence-corrected chi connectivity index (χ3v) is 5.86. The average molecular weight is 236 g/mol. The van der Waals surface area contributed by atoms with Gasteiger partial charge in [0.2, 0.25) is 0 Å². The summed E-state index contributed by atoms with van der Waals surface area (Å²) in [4.78, 5) is 0. The van der Waals surface area contributed by atoms with Gasteiger partial charge in [-0.15, -0.1) is 0 Å². The Labute approximate surface area is 109 Å². The fourth-order valence-electron chi connectivity index (χ4n) is 4.83. The second-order valence-electron chi connectivity index (χ2n) is 6.87. The van der Waals surface area contributed by atoms with Gasteiger partial charge < -0.3 is 0 Å². The second kappa shape index (κ2) is 6.25. The van der Waals surface area contributed by atoms with Gasteiger partial charge in [0.05, 0.1) is 0 Å². The van der Waals surface area contributed by atoms with E-state index < -0.39 is 0 Å². The van der Waals surface area contributed by atoms with Crippen LogP contribution in [-0.2, 0) is 0 Å². The molecule has 0 nitrogen and oxygen atoms in total. The standard InChI is InChI=1S/C17H32/c1-4-6-7-8-17-13(3)11-14(5-2)15-9-10-16(17)12-15/h13-17H,4-12H2,1-3H3. The minimum Gasteiger partial charge on any atom is -0.0654 e. The topological polar surface area (TPSA) is 0 Å². The Hall–Kier alpha value is 0. The summed E-state index contributed by atoms with van der Waals surface area (Å²) in [5.41, 5.74) is 0. The van der Waals surface area contributed by atoms with Crippen molar-refractivity contribution < 1.29 is 0 Å². The monoisotopic (exact) mass is 236 g/mol. The summed E-state index contributed by atoms with van der Waals surface area (Å²) in [6.07, 6.45) is 13.5. The first kappa shape index (κ1) is 13.4.